The number of halogens is 1. The Morgan fingerprint density at radius 1 is 1.39 bits per heavy atom. The topological polar surface area (TPSA) is 49.3 Å². The van der Waals surface area contributed by atoms with Crippen molar-refractivity contribution >= 4 is 17.5 Å². The number of hydrogen-bond acceptors (Lipinski definition) is 2. The Morgan fingerprint density at radius 2 is 2.00 bits per heavy atom. The van der Waals surface area contributed by atoms with Gasteiger partial charge < -0.3 is 10.4 Å². The highest BCUT2D eigenvalue weighted by Crippen LogP contribution is 2.20. The molecule has 3 nitrogen and oxygen atoms in total. The molecule has 0 bridgehead atoms. The number of carbonyl (C=O) groups is 1. The van der Waals surface area contributed by atoms with Crippen LogP contribution in [0.3, 0.4) is 0 Å². The normalized spacial score (nSPS) is 13.2. The third-order valence-electron chi connectivity index (χ3n) is 2.46. The van der Waals surface area contributed by atoms with E-state index in [1.165, 1.54) is 0 Å². The summed E-state index contributed by atoms with van der Waals surface area (Å²) in [6.45, 7) is 6.38. The first-order valence-corrected chi connectivity index (χ1v) is 6.38. The molecule has 1 amide bonds. The summed E-state index contributed by atoms with van der Waals surface area (Å²) in [5, 5.41) is 12.9. The summed E-state index contributed by atoms with van der Waals surface area (Å²) in [4.78, 5) is 11.8. The van der Waals surface area contributed by atoms with Gasteiger partial charge in [0.25, 0.3) is 5.91 Å². The van der Waals surface area contributed by atoms with Crippen molar-refractivity contribution in [1.82, 2.24) is 5.32 Å². The molecule has 0 spiro atoms. The van der Waals surface area contributed by atoms with Crippen LogP contribution < -0.4 is 5.32 Å². The number of amides is 1. The van der Waals surface area contributed by atoms with Gasteiger partial charge in [-0.2, -0.15) is 0 Å². The largest absolute Gasteiger partial charge is 0.391 e. The van der Waals surface area contributed by atoms with Gasteiger partial charge in [0.1, 0.15) is 0 Å². The van der Waals surface area contributed by atoms with Crippen molar-refractivity contribution < 1.29 is 9.90 Å². The first-order chi connectivity index (χ1) is 8.29. The van der Waals surface area contributed by atoms with Gasteiger partial charge in [0, 0.05) is 6.54 Å². The fourth-order valence-corrected chi connectivity index (χ4v) is 1.95. The second-order valence-electron chi connectivity index (χ2n) is 5.61. The van der Waals surface area contributed by atoms with Crippen LogP contribution in [0.25, 0.3) is 0 Å². The molecule has 2 N–H and O–H groups in total. The highest BCUT2D eigenvalue weighted by Gasteiger charge is 2.18. The highest BCUT2D eigenvalue weighted by atomic mass is 35.5. The summed E-state index contributed by atoms with van der Waals surface area (Å²) in [6, 6.07) is 6.86. The lowest BCUT2D eigenvalue weighted by Crippen LogP contribution is -2.34. The van der Waals surface area contributed by atoms with Crippen molar-refractivity contribution in [2.24, 2.45) is 5.41 Å². The average molecular weight is 270 g/mol. The summed E-state index contributed by atoms with van der Waals surface area (Å²) in [6.07, 6.45) is 0.0898. The molecular formula is C14H20ClNO2. The predicted molar refractivity (Wildman–Crippen MR) is 73.9 cm³/mol. The van der Waals surface area contributed by atoms with Crippen LogP contribution in [0.4, 0.5) is 0 Å². The van der Waals surface area contributed by atoms with E-state index in [0.29, 0.717) is 17.0 Å². The van der Waals surface area contributed by atoms with Gasteiger partial charge in [-0.25, -0.2) is 0 Å². The van der Waals surface area contributed by atoms with Gasteiger partial charge in [0.2, 0.25) is 0 Å². The Morgan fingerprint density at radius 3 is 2.56 bits per heavy atom. The van der Waals surface area contributed by atoms with Crippen molar-refractivity contribution in [2.45, 2.75) is 33.3 Å². The Balaban J connectivity index is 2.50. The summed E-state index contributed by atoms with van der Waals surface area (Å²) in [5.74, 6) is -0.256. The molecule has 18 heavy (non-hydrogen) atoms. The van der Waals surface area contributed by atoms with Crippen LogP contribution >= 0.6 is 11.6 Å². The number of benzene rings is 1. The Kier molecular flexibility index (Phi) is 5.17. The zero-order valence-electron chi connectivity index (χ0n) is 11.0. The van der Waals surface area contributed by atoms with Gasteiger partial charge in [0.15, 0.2) is 0 Å². The van der Waals surface area contributed by atoms with Crippen molar-refractivity contribution in [3.63, 3.8) is 0 Å². The van der Waals surface area contributed by atoms with E-state index in [9.17, 15) is 9.90 Å². The minimum Gasteiger partial charge on any atom is -0.391 e. The molecule has 0 aliphatic carbocycles. The van der Waals surface area contributed by atoms with E-state index in [1.54, 1.807) is 24.3 Å². The highest BCUT2D eigenvalue weighted by molar-refractivity contribution is 6.33. The number of aliphatic hydroxyl groups excluding tert-OH is 1. The van der Waals surface area contributed by atoms with Crippen LogP contribution in [0.2, 0.25) is 5.02 Å². The van der Waals surface area contributed by atoms with Crippen LogP contribution in [0.1, 0.15) is 37.6 Å². The molecular weight excluding hydrogens is 250 g/mol. The van der Waals surface area contributed by atoms with E-state index in [4.69, 9.17) is 11.6 Å². The first kappa shape index (κ1) is 15.0. The van der Waals surface area contributed by atoms with E-state index >= 15 is 0 Å². The Hall–Kier alpha value is -1.06. The van der Waals surface area contributed by atoms with Gasteiger partial charge >= 0.3 is 0 Å². The second kappa shape index (κ2) is 6.21. The molecule has 1 rings (SSSR count). The summed E-state index contributed by atoms with van der Waals surface area (Å²) < 4.78 is 0. The molecule has 1 atom stereocenters. The number of aliphatic hydroxyl groups is 1. The molecule has 1 unspecified atom stereocenters. The summed E-state index contributed by atoms with van der Waals surface area (Å²) in [5.41, 5.74) is 0.469. The number of carbonyl (C=O) groups excluding carboxylic acids is 1. The lowest BCUT2D eigenvalue weighted by atomic mass is 9.89. The smallest absolute Gasteiger partial charge is 0.252 e. The van der Waals surface area contributed by atoms with Crippen LogP contribution in [0.15, 0.2) is 24.3 Å². The van der Waals surface area contributed by atoms with Crippen molar-refractivity contribution in [2.75, 3.05) is 6.54 Å². The van der Waals surface area contributed by atoms with Gasteiger partial charge in [-0.1, -0.05) is 44.5 Å². The monoisotopic (exact) mass is 269 g/mol. The Bertz CT molecular complexity index is 413. The van der Waals surface area contributed by atoms with Crippen LogP contribution in [-0.2, 0) is 0 Å². The number of rotatable bonds is 4. The molecule has 1 aromatic rings. The maximum Gasteiger partial charge on any atom is 0.252 e. The zero-order chi connectivity index (χ0) is 13.8. The molecule has 0 saturated carbocycles. The minimum atomic E-state index is -0.545. The number of hydrogen-bond donors (Lipinski definition) is 2. The summed E-state index contributed by atoms with van der Waals surface area (Å²) >= 11 is 5.92. The quantitative estimate of drug-likeness (QED) is 0.883. The van der Waals surface area contributed by atoms with Crippen molar-refractivity contribution in [3.8, 4) is 0 Å². The maximum absolute atomic E-state index is 11.8. The first-order valence-electron chi connectivity index (χ1n) is 6.00. The fraction of sp³-hybridized carbons (Fsp3) is 0.500. The molecule has 0 aliphatic heterocycles. The zero-order valence-corrected chi connectivity index (χ0v) is 11.8. The molecule has 0 fully saturated rings. The van der Waals surface area contributed by atoms with Crippen molar-refractivity contribution in [3.05, 3.63) is 34.9 Å². The van der Waals surface area contributed by atoms with Crippen molar-refractivity contribution in [1.29, 1.82) is 0 Å². The Labute approximate surface area is 113 Å². The van der Waals surface area contributed by atoms with E-state index in [2.05, 4.69) is 5.32 Å². The van der Waals surface area contributed by atoms with Gasteiger partial charge in [-0.3, -0.25) is 4.79 Å². The number of nitrogens with one attached hydrogen (secondary N) is 1. The third-order valence-corrected chi connectivity index (χ3v) is 2.79. The molecule has 0 aromatic heterocycles. The fourth-order valence-electron chi connectivity index (χ4n) is 1.73. The maximum atomic E-state index is 11.8. The molecule has 0 heterocycles. The predicted octanol–water partition coefficient (Wildman–Crippen LogP) is 2.87. The molecule has 1 aromatic carbocycles. The summed E-state index contributed by atoms with van der Waals surface area (Å²) in [7, 11) is 0. The van der Waals surface area contributed by atoms with Crippen LogP contribution in [0.5, 0.6) is 0 Å². The van der Waals surface area contributed by atoms with Gasteiger partial charge in [0.05, 0.1) is 16.7 Å². The van der Waals surface area contributed by atoms with E-state index in [0.717, 1.165) is 0 Å². The molecule has 0 aliphatic rings. The van der Waals surface area contributed by atoms with Gasteiger partial charge in [-0.15, -0.1) is 0 Å². The standard InChI is InChI=1S/C14H20ClNO2/c1-14(2,3)8-10(17)9-16-13(18)11-6-4-5-7-12(11)15/h4-7,10,17H,8-9H2,1-3H3,(H,16,18). The molecule has 0 saturated heterocycles. The minimum absolute atomic E-state index is 0.0362. The van der Waals surface area contributed by atoms with E-state index in [-0.39, 0.29) is 17.9 Å². The second-order valence-corrected chi connectivity index (χ2v) is 6.02. The molecule has 4 heteroatoms. The average Bonchev–Trinajstić information content (AvgIpc) is 2.24. The van der Waals surface area contributed by atoms with Crippen LogP contribution in [0, 0.1) is 5.41 Å². The SMILES string of the molecule is CC(C)(C)CC(O)CNC(=O)c1ccccc1Cl. The molecule has 100 valence electrons. The third kappa shape index (κ3) is 5.07. The van der Waals surface area contributed by atoms with E-state index < -0.39 is 6.10 Å². The lowest BCUT2D eigenvalue weighted by Gasteiger charge is -2.22. The van der Waals surface area contributed by atoms with Crippen LogP contribution in [-0.4, -0.2) is 23.7 Å². The van der Waals surface area contributed by atoms with E-state index in [1.807, 2.05) is 20.8 Å². The molecule has 0 radical (unpaired) electrons. The lowest BCUT2D eigenvalue weighted by molar-refractivity contribution is 0.0868. The van der Waals surface area contributed by atoms with Gasteiger partial charge in [-0.05, 0) is 24.0 Å².